The van der Waals surface area contributed by atoms with Crippen LogP contribution in [0.25, 0.3) is 0 Å². The first kappa shape index (κ1) is 15.0. The highest BCUT2D eigenvalue weighted by Crippen LogP contribution is 2.26. The Morgan fingerprint density at radius 2 is 1.82 bits per heavy atom. The minimum absolute atomic E-state index is 0.176. The van der Waals surface area contributed by atoms with Gasteiger partial charge in [0, 0.05) is 24.3 Å². The molecule has 0 unspecified atom stereocenters. The third-order valence-electron chi connectivity index (χ3n) is 3.96. The number of hydrogen-bond acceptors (Lipinski definition) is 2. The first-order valence-corrected chi connectivity index (χ1v) is 7.86. The van der Waals surface area contributed by atoms with Crippen molar-refractivity contribution in [3.8, 4) is 0 Å². The Bertz CT molecular complexity index is 689. The van der Waals surface area contributed by atoms with Crippen molar-refractivity contribution in [2.75, 3.05) is 18.0 Å². The van der Waals surface area contributed by atoms with Gasteiger partial charge in [0.15, 0.2) is 0 Å². The minimum atomic E-state index is -0.176. The summed E-state index contributed by atoms with van der Waals surface area (Å²) in [6.07, 6.45) is 3.98. The van der Waals surface area contributed by atoms with E-state index in [-0.39, 0.29) is 5.82 Å². The molecule has 0 amide bonds. The van der Waals surface area contributed by atoms with Crippen molar-refractivity contribution in [3.63, 3.8) is 0 Å². The molecule has 0 saturated carbocycles. The molecule has 1 heterocycles. The van der Waals surface area contributed by atoms with Crippen LogP contribution in [0, 0.1) is 12.7 Å². The zero-order valence-corrected chi connectivity index (χ0v) is 13.3. The number of aryl methyl sites for hydroxylation is 1. The maximum absolute atomic E-state index is 14.3. The lowest BCUT2D eigenvalue weighted by molar-refractivity contribution is 0.622. The summed E-state index contributed by atoms with van der Waals surface area (Å²) in [7, 11) is 0. The second-order valence-electron chi connectivity index (χ2n) is 5.59. The Morgan fingerprint density at radius 3 is 2.50 bits per heavy atom. The van der Waals surface area contributed by atoms with Crippen LogP contribution in [0.2, 0.25) is 5.02 Å². The van der Waals surface area contributed by atoms with Crippen molar-refractivity contribution >= 4 is 29.2 Å². The number of anilines is 1. The van der Waals surface area contributed by atoms with Crippen LogP contribution in [0.1, 0.15) is 24.0 Å². The first-order valence-electron chi connectivity index (χ1n) is 7.48. The van der Waals surface area contributed by atoms with Gasteiger partial charge in [0.25, 0.3) is 0 Å². The second kappa shape index (κ2) is 6.49. The number of nitrogens with zero attached hydrogens (tertiary/aromatic N) is 2. The fourth-order valence-electron chi connectivity index (χ4n) is 2.69. The molecule has 1 saturated heterocycles. The summed E-state index contributed by atoms with van der Waals surface area (Å²) in [4.78, 5) is 6.50. The number of aliphatic imine (C=N–C) groups is 1. The van der Waals surface area contributed by atoms with Crippen LogP contribution in [0.15, 0.2) is 41.4 Å². The SMILES string of the molecule is Cc1cc(N2CCCC2)c(F)cc1C=Nc1ccc(Cl)cc1. The van der Waals surface area contributed by atoms with Crippen molar-refractivity contribution in [1.29, 1.82) is 0 Å². The van der Waals surface area contributed by atoms with E-state index in [1.165, 1.54) is 0 Å². The van der Waals surface area contributed by atoms with Crippen LogP contribution < -0.4 is 4.90 Å². The molecular formula is C18H18ClFN2. The van der Waals surface area contributed by atoms with E-state index in [1.807, 2.05) is 25.1 Å². The van der Waals surface area contributed by atoms with E-state index in [2.05, 4.69) is 9.89 Å². The molecule has 1 aliphatic heterocycles. The van der Waals surface area contributed by atoms with Gasteiger partial charge in [0.1, 0.15) is 5.82 Å². The zero-order valence-electron chi connectivity index (χ0n) is 12.5. The van der Waals surface area contributed by atoms with Gasteiger partial charge in [-0.1, -0.05) is 11.6 Å². The Labute approximate surface area is 135 Å². The van der Waals surface area contributed by atoms with Gasteiger partial charge in [-0.15, -0.1) is 0 Å². The molecule has 0 atom stereocenters. The molecule has 3 rings (SSSR count). The fourth-order valence-corrected chi connectivity index (χ4v) is 2.82. The minimum Gasteiger partial charge on any atom is -0.369 e. The molecule has 0 bridgehead atoms. The van der Waals surface area contributed by atoms with E-state index in [0.717, 1.165) is 42.7 Å². The topological polar surface area (TPSA) is 15.6 Å². The first-order chi connectivity index (χ1) is 10.6. The van der Waals surface area contributed by atoms with Gasteiger partial charge in [0.05, 0.1) is 11.4 Å². The molecule has 2 aromatic carbocycles. The predicted octanol–water partition coefficient (Wildman–Crippen LogP) is 5.14. The highest BCUT2D eigenvalue weighted by Gasteiger charge is 2.17. The van der Waals surface area contributed by atoms with Gasteiger partial charge in [-0.3, -0.25) is 4.99 Å². The molecule has 0 spiro atoms. The van der Waals surface area contributed by atoms with E-state index >= 15 is 0 Å². The molecule has 0 N–H and O–H groups in total. The monoisotopic (exact) mass is 316 g/mol. The molecule has 1 fully saturated rings. The summed E-state index contributed by atoms with van der Waals surface area (Å²) in [5.41, 5.74) is 3.34. The van der Waals surface area contributed by atoms with Gasteiger partial charge >= 0.3 is 0 Å². The fraction of sp³-hybridized carbons (Fsp3) is 0.278. The molecule has 0 aromatic heterocycles. The van der Waals surface area contributed by atoms with E-state index in [0.29, 0.717) is 10.7 Å². The maximum atomic E-state index is 14.3. The highest BCUT2D eigenvalue weighted by atomic mass is 35.5. The number of benzene rings is 2. The second-order valence-corrected chi connectivity index (χ2v) is 6.03. The standard InChI is InChI=1S/C18H18ClFN2/c1-13-10-18(22-8-2-3-9-22)17(20)11-14(13)12-21-16-6-4-15(19)5-7-16/h4-7,10-12H,2-3,8-9H2,1H3. The lowest BCUT2D eigenvalue weighted by Gasteiger charge is -2.19. The summed E-state index contributed by atoms with van der Waals surface area (Å²) >= 11 is 5.85. The smallest absolute Gasteiger partial charge is 0.147 e. The van der Waals surface area contributed by atoms with E-state index in [4.69, 9.17) is 11.6 Å². The molecule has 22 heavy (non-hydrogen) atoms. The summed E-state index contributed by atoms with van der Waals surface area (Å²) in [5, 5.41) is 0.677. The Morgan fingerprint density at radius 1 is 1.14 bits per heavy atom. The average molecular weight is 317 g/mol. The quantitative estimate of drug-likeness (QED) is 0.716. The molecular weight excluding hydrogens is 299 g/mol. The largest absolute Gasteiger partial charge is 0.369 e. The third-order valence-corrected chi connectivity index (χ3v) is 4.21. The number of halogens is 2. The third kappa shape index (κ3) is 3.30. The predicted molar refractivity (Wildman–Crippen MR) is 91.3 cm³/mol. The van der Waals surface area contributed by atoms with Crippen molar-refractivity contribution < 1.29 is 4.39 Å². The van der Waals surface area contributed by atoms with Crippen LogP contribution in [0.3, 0.4) is 0 Å². The van der Waals surface area contributed by atoms with Gasteiger partial charge in [0.2, 0.25) is 0 Å². The average Bonchev–Trinajstić information content (AvgIpc) is 3.03. The normalized spacial score (nSPS) is 15.0. The maximum Gasteiger partial charge on any atom is 0.147 e. The Kier molecular flexibility index (Phi) is 4.44. The van der Waals surface area contributed by atoms with Gasteiger partial charge < -0.3 is 4.90 Å². The Hall–Kier alpha value is -1.87. The van der Waals surface area contributed by atoms with Crippen molar-refractivity contribution in [3.05, 3.63) is 58.4 Å². The van der Waals surface area contributed by atoms with Gasteiger partial charge in [-0.2, -0.15) is 0 Å². The molecule has 114 valence electrons. The molecule has 0 radical (unpaired) electrons. The van der Waals surface area contributed by atoms with E-state index in [9.17, 15) is 4.39 Å². The molecule has 2 aromatic rings. The summed E-state index contributed by atoms with van der Waals surface area (Å²) in [5.74, 6) is -0.176. The zero-order chi connectivity index (χ0) is 15.5. The summed E-state index contributed by atoms with van der Waals surface area (Å²) in [6, 6.07) is 10.7. The summed E-state index contributed by atoms with van der Waals surface area (Å²) < 4.78 is 14.3. The van der Waals surface area contributed by atoms with Crippen LogP contribution in [-0.4, -0.2) is 19.3 Å². The van der Waals surface area contributed by atoms with Crippen molar-refractivity contribution in [1.82, 2.24) is 0 Å². The lowest BCUT2D eigenvalue weighted by Crippen LogP contribution is -2.19. The van der Waals surface area contributed by atoms with E-state index in [1.54, 1.807) is 24.4 Å². The van der Waals surface area contributed by atoms with E-state index < -0.39 is 0 Å². The van der Waals surface area contributed by atoms with Crippen LogP contribution in [0.5, 0.6) is 0 Å². The van der Waals surface area contributed by atoms with Crippen LogP contribution in [-0.2, 0) is 0 Å². The number of hydrogen-bond donors (Lipinski definition) is 0. The number of rotatable bonds is 3. The highest BCUT2D eigenvalue weighted by molar-refractivity contribution is 6.30. The van der Waals surface area contributed by atoms with Gasteiger partial charge in [-0.05, 0) is 67.3 Å². The van der Waals surface area contributed by atoms with Crippen LogP contribution >= 0.6 is 11.6 Å². The molecule has 4 heteroatoms. The molecule has 0 aliphatic carbocycles. The van der Waals surface area contributed by atoms with Crippen LogP contribution in [0.4, 0.5) is 15.8 Å². The Balaban J connectivity index is 1.85. The van der Waals surface area contributed by atoms with Gasteiger partial charge in [-0.25, -0.2) is 4.39 Å². The van der Waals surface area contributed by atoms with Crippen molar-refractivity contribution in [2.24, 2.45) is 4.99 Å². The molecule has 2 nitrogen and oxygen atoms in total. The lowest BCUT2D eigenvalue weighted by atomic mass is 10.1. The van der Waals surface area contributed by atoms with Crippen molar-refractivity contribution in [2.45, 2.75) is 19.8 Å². The summed E-state index contributed by atoms with van der Waals surface area (Å²) in [6.45, 7) is 3.87. The molecule has 1 aliphatic rings.